The fourth-order valence-corrected chi connectivity index (χ4v) is 0.280. The Kier molecular flexibility index (Phi) is 13.4. The Morgan fingerprint density at radius 1 is 1.36 bits per heavy atom. The van der Waals surface area contributed by atoms with Gasteiger partial charge in [-0.05, 0) is 13.3 Å². The average molecular weight is 150 g/mol. The molecule has 0 aliphatic carbocycles. The van der Waals surface area contributed by atoms with Crippen molar-refractivity contribution in [3.63, 3.8) is 0 Å². The van der Waals surface area contributed by atoms with Gasteiger partial charge in [0.1, 0.15) is 0 Å². The Morgan fingerprint density at radius 3 is 1.91 bits per heavy atom. The predicted octanol–water partition coefficient (Wildman–Crippen LogP) is 3.89. The van der Waals surface area contributed by atoms with E-state index < -0.39 is 0 Å². The van der Waals surface area contributed by atoms with E-state index in [-0.39, 0.29) is 0 Å². The summed E-state index contributed by atoms with van der Waals surface area (Å²) >= 11 is 0. The van der Waals surface area contributed by atoms with Crippen LogP contribution in [0.2, 0.25) is 0 Å². The fourth-order valence-electron chi connectivity index (χ4n) is 0.280. The van der Waals surface area contributed by atoms with Gasteiger partial charge in [-0.2, -0.15) is 0 Å². The van der Waals surface area contributed by atoms with Crippen molar-refractivity contribution in [2.45, 2.75) is 20.3 Å². The van der Waals surface area contributed by atoms with Crippen molar-refractivity contribution >= 4 is 0 Å². The molecule has 0 aromatic rings. The first kappa shape index (κ1) is 12.6. The molecule has 11 heavy (non-hydrogen) atoms. The molecule has 0 saturated carbocycles. The van der Waals surface area contributed by atoms with Crippen LogP contribution in [0.5, 0.6) is 0 Å². The van der Waals surface area contributed by atoms with Crippen LogP contribution in [-0.2, 0) is 0 Å². The van der Waals surface area contributed by atoms with Crippen LogP contribution in [0.4, 0.5) is 0 Å². The summed E-state index contributed by atoms with van der Waals surface area (Å²) in [5.74, 6) is 0. The lowest BCUT2D eigenvalue weighted by atomic mass is 10.2. The van der Waals surface area contributed by atoms with Crippen molar-refractivity contribution in [1.29, 1.82) is 0 Å². The van der Waals surface area contributed by atoms with Crippen molar-refractivity contribution in [3.05, 3.63) is 49.6 Å². The summed E-state index contributed by atoms with van der Waals surface area (Å²) < 4.78 is 0. The molecule has 0 aromatic carbocycles. The molecule has 0 nitrogen and oxygen atoms in total. The molecule has 0 radical (unpaired) electrons. The van der Waals surface area contributed by atoms with Gasteiger partial charge in [0, 0.05) is 0 Å². The number of hydrogen-bond donors (Lipinski definition) is 0. The molecule has 0 unspecified atom stereocenters. The number of rotatable bonds is 3. The second-order valence-corrected chi connectivity index (χ2v) is 1.98. The fraction of sp³-hybridized carbons (Fsp3) is 0.273. The number of allylic oxidation sites excluding steroid dienone is 5. The standard InChI is InChI=1S/C6H10.C5H8/c1-4-6(3)5-2;1-3-5-4-2/h4H,1,3,5H2,2H3;3-5H,1H2,2H3. The van der Waals surface area contributed by atoms with Crippen LogP contribution >= 0.6 is 0 Å². The van der Waals surface area contributed by atoms with Gasteiger partial charge >= 0.3 is 0 Å². The molecule has 0 heteroatoms. The van der Waals surface area contributed by atoms with Crippen molar-refractivity contribution < 1.29 is 0 Å². The molecule has 0 rings (SSSR count). The van der Waals surface area contributed by atoms with Crippen LogP contribution in [-0.4, -0.2) is 0 Å². The van der Waals surface area contributed by atoms with Gasteiger partial charge in [0.2, 0.25) is 0 Å². The van der Waals surface area contributed by atoms with E-state index in [0.717, 1.165) is 12.0 Å². The summed E-state index contributed by atoms with van der Waals surface area (Å²) in [4.78, 5) is 0. The van der Waals surface area contributed by atoms with E-state index in [1.807, 2.05) is 19.1 Å². The molecule has 0 amide bonds. The van der Waals surface area contributed by atoms with Crippen LogP contribution in [0.25, 0.3) is 0 Å². The van der Waals surface area contributed by atoms with E-state index in [4.69, 9.17) is 0 Å². The van der Waals surface area contributed by atoms with Crippen LogP contribution in [0, 0.1) is 0 Å². The Hall–Kier alpha value is -1.04. The molecule has 0 bridgehead atoms. The average Bonchev–Trinajstić information content (AvgIpc) is 2.06. The minimum atomic E-state index is 1.02. The highest BCUT2D eigenvalue weighted by Gasteiger charge is 1.72. The van der Waals surface area contributed by atoms with E-state index >= 15 is 0 Å². The van der Waals surface area contributed by atoms with E-state index in [2.05, 4.69) is 26.7 Å². The van der Waals surface area contributed by atoms with E-state index in [1.165, 1.54) is 0 Å². The zero-order valence-corrected chi connectivity index (χ0v) is 7.64. The van der Waals surface area contributed by atoms with Crippen LogP contribution < -0.4 is 0 Å². The van der Waals surface area contributed by atoms with Gasteiger partial charge in [0.05, 0.1) is 0 Å². The van der Waals surface area contributed by atoms with Gasteiger partial charge < -0.3 is 0 Å². The largest absolute Gasteiger partial charge is 0.0991 e. The lowest BCUT2D eigenvalue weighted by molar-refractivity contribution is 1.16. The first-order valence-corrected chi connectivity index (χ1v) is 3.76. The van der Waals surface area contributed by atoms with E-state index in [1.54, 1.807) is 12.2 Å². The second-order valence-electron chi connectivity index (χ2n) is 1.98. The van der Waals surface area contributed by atoms with Crippen molar-refractivity contribution in [3.8, 4) is 0 Å². The van der Waals surface area contributed by atoms with E-state index in [0.29, 0.717) is 0 Å². The molecule has 0 spiro atoms. The van der Waals surface area contributed by atoms with Gasteiger partial charge in [0.15, 0.2) is 0 Å². The molecule has 0 N–H and O–H groups in total. The van der Waals surface area contributed by atoms with Crippen LogP contribution in [0.1, 0.15) is 20.3 Å². The van der Waals surface area contributed by atoms with Crippen LogP contribution in [0.15, 0.2) is 49.6 Å². The SMILES string of the molecule is C=CC(=C)CC.C=CC=CC. The third-order valence-corrected chi connectivity index (χ3v) is 1.07. The maximum Gasteiger partial charge on any atom is -0.0314 e. The van der Waals surface area contributed by atoms with Crippen molar-refractivity contribution in [1.82, 2.24) is 0 Å². The zero-order valence-electron chi connectivity index (χ0n) is 7.64. The lowest BCUT2D eigenvalue weighted by Crippen LogP contribution is -1.62. The van der Waals surface area contributed by atoms with Gasteiger partial charge in [0.25, 0.3) is 0 Å². The Labute approximate surface area is 70.6 Å². The summed E-state index contributed by atoms with van der Waals surface area (Å²) in [5.41, 5.74) is 1.11. The molecule has 0 saturated heterocycles. The van der Waals surface area contributed by atoms with Gasteiger partial charge in [-0.3, -0.25) is 0 Å². The molecule has 0 aromatic heterocycles. The predicted molar refractivity (Wildman–Crippen MR) is 54.6 cm³/mol. The molecule has 62 valence electrons. The highest BCUT2D eigenvalue weighted by molar-refractivity contribution is 5.09. The molecule has 0 atom stereocenters. The summed E-state index contributed by atoms with van der Waals surface area (Å²) in [5, 5.41) is 0. The third-order valence-electron chi connectivity index (χ3n) is 1.07. The molecular formula is C11H18. The molecule has 0 aliphatic heterocycles. The third kappa shape index (κ3) is 17.6. The topological polar surface area (TPSA) is 0 Å². The smallest absolute Gasteiger partial charge is 0.0314 e. The van der Waals surface area contributed by atoms with E-state index in [9.17, 15) is 0 Å². The Bertz CT molecular complexity index is 138. The Balaban J connectivity index is 0. The zero-order chi connectivity index (χ0) is 9.11. The highest BCUT2D eigenvalue weighted by Crippen LogP contribution is 1.93. The van der Waals surface area contributed by atoms with Crippen molar-refractivity contribution in [2.24, 2.45) is 0 Å². The van der Waals surface area contributed by atoms with Gasteiger partial charge in [-0.25, -0.2) is 0 Å². The first-order valence-electron chi connectivity index (χ1n) is 3.76. The van der Waals surface area contributed by atoms with Gasteiger partial charge in [-0.15, -0.1) is 0 Å². The molecule has 0 fully saturated rings. The maximum absolute atomic E-state index is 3.67. The monoisotopic (exact) mass is 150 g/mol. The second kappa shape index (κ2) is 11.7. The molecule has 0 aliphatic rings. The van der Waals surface area contributed by atoms with Gasteiger partial charge in [-0.1, -0.05) is 56.5 Å². The number of hydrogen-bond acceptors (Lipinski definition) is 0. The first-order chi connectivity index (χ1) is 5.22. The van der Waals surface area contributed by atoms with Crippen molar-refractivity contribution in [2.75, 3.05) is 0 Å². The summed E-state index contributed by atoms with van der Waals surface area (Å²) in [7, 11) is 0. The highest BCUT2D eigenvalue weighted by atomic mass is 13.8. The maximum atomic E-state index is 3.67. The lowest BCUT2D eigenvalue weighted by Gasteiger charge is -1.83. The summed E-state index contributed by atoms with van der Waals surface area (Å²) in [6, 6.07) is 0. The molecule has 0 heterocycles. The minimum absolute atomic E-state index is 1.02. The summed E-state index contributed by atoms with van der Waals surface area (Å²) in [6.07, 6.45) is 8.37. The summed E-state index contributed by atoms with van der Waals surface area (Å²) in [6.45, 7) is 14.7. The normalized spacial score (nSPS) is 8.18. The minimum Gasteiger partial charge on any atom is -0.0991 e. The Morgan fingerprint density at radius 2 is 1.91 bits per heavy atom. The quantitative estimate of drug-likeness (QED) is 0.535. The molecular weight excluding hydrogens is 132 g/mol. The van der Waals surface area contributed by atoms with Crippen LogP contribution in [0.3, 0.4) is 0 Å².